The fraction of sp³-hybridized carbons (Fsp3) is 0.412. The highest BCUT2D eigenvalue weighted by Gasteiger charge is 2.39. The molecular formula is C17H19NO5. The Kier molecular flexibility index (Phi) is 4.23. The summed E-state index contributed by atoms with van der Waals surface area (Å²) in [6.45, 7) is 1.03. The first-order valence-corrected chi connectivity index (χ1v) is 7.53. The highest BCUT2D eigenvalue weighted by molar-refractivity contribution is 5.98. The fourth-order valence-electron chi connectivity index (χ4n) is 2.84. The van der Waals surface area contributed by atoms with Gasteiger partial charge in [0, 0.05) is 17.7 Å². The van der Waals surface area contributed by atoms with Gasteiger partial charge in [-0.2, -0.15) is 0 Å². The molecule has 1 fully saturated rings. The van der Waals surface area contributed by atoms with Gasteiger partial charge in [0.25, 0.3) is 5.91 Å². The second-order valence-electron chi connectivity index (χ2n) is 5.48. The summed E-state index contributed by atoms with van der Waals surface area (Å²) in [6.07, 6.45) is 5.24. The van der Waals surface area contributed by atoms with E-state index in [4.69, 9.17) is 14.2 Å². The van der Waals surface area contributed by atoms with Crippen molar-refractivity contribution in [2.45, 2.75) is 18.9 Å². The zero-order valence-electron chi connectivity index (χ0n) is 13.2. The molecule has 3 rings (SSSR count). The van der Waals surface area contributed by atoms with Crippen molar-refractivity contribution in [2.75, 3.05) is 27.4 Å². The van der Waals surface area contributed by atoms with Gasteiger partial charge < -0.3 is 19.1 Å². The van der Waals surface area contributed by atoms with E-state index in [1.807, 2.05) is 18.2 Å². The number of likely N-dealkylation sites (tertiary alicyclic amines) is 1. The van der Waals surface area contributed by atoms with Crippen molar-refractivity contribution in [1.29, 1.82) is 0 Å². The third kappa shape index (κ3) is 2.76. The Morgan fingerprint density at radius 2 is 2.09 bits per heavy atom. The summed E-state index contributed by atoms with van der Waals surface area (Å²) in [5.74, 6) is 0.630. The normalized spacial score (nSPS) is 19.0. The van der Waals surface area contributed by atoms with Crippen molar-refractivity contribution < 1.29 is 23.8 Å². The van der Waals surface area contributed by atoms with Gasteiger partial charge in [0.15, 0.2) is 11.5 Å². The largest absolute Gasteiger partial charge is 0.493 e. The molecule has 6 heteroatoms. The first-order chi connectivity index (χ1) is 11.2. The molecule has 0 saturated carbocycles. The predicted molar refractivity (Wildman–Crippen MR) is 82.8 cm³/mol. The van der Waals surface area contributed by atoms with E-state index in [2.05, 4.69) is 0 Å². The van der Waals surface area contributed by atoms with Crippen LogP contribution in [0.25, 0.3) is 0 Å². The number of amides is 1. The number of allylic oxidation sites excluding steroid dienone is 1. The molecule has 0 N–H and O–H groups in total. The average Bonchev–Trinajstić information content (AvgIpc) is 2.77. The Labute approximate surface area is 134 Å². The lowest BCUT2D eigenvalue weighted by molar-refractivity contribution is -0.149. The molecule has 0 aliphatic carbocycles. The van der Waals surface area contributed by atoms with E-state index < -0.39 is 6.04 Å². The summed E-state index contributed by atoms with van der Waals surface area (Å²) in [5, 5.41) is 0. The molecule has 0 aromatic heterocycles. The second-order valence-corrected chi connectivity index (χ2v) is 5.48. The van der Waals surface area contributed by atoms with Crippen LogP contribution in [0, 0.1) is 0 Å². The van der Waals surface area contributed by atoms with Gasteiger partial charge in [-0.3, -0.25) is 4.79 Å². The summed E-state index contributed by atoms with van der Waals surface area (Å²) in [4.78, 5) is 25.9. The van der Waals surface area contributed by atoms with Crippen LogP contribution in [0.2, 0.25) is 0 Å². The minimum absolute atomic E-state index is 0.194. The highest BCUT2D eigenvalue weighted by Crippen LogP contribution is 2.35. The molecule has 1 aromatic carbocycles. The third-order valence-corrected chi connectivity index (χ3v) is 4.18. The van der Waals surface area contributed by atoms with Gasteiger partial charge in [0.05, 0.1) is 14.2 Å². The number of benzene rings is 1. The zero-order chi connectivity index (χ0) is 16.4. The highest BCUT2D eigenvalue weighted by atomic mass is 16.5. The summed E-state index contributed by atoms with van der Waals surface area (Å²) in [7, 11) is 2.88. The Hall–Kier alpha value is -2.50. The predicted octanol–water partition coefficient (Wildman–Crippen LogP) is 1.57. The maximum Gasteiger partial charge on any atom is 0.328 e. The molecule has 122 valence electrons. The molecule has 0 spiro atoms. The number of rotatable bonds is 3. The van der Waals surface area contributed by atoms with E-state index in [9.17, 15) is 9.59 Å². The van der Waals surface area contributed by atoms with Crippen LogP contribution in [-0.2, 0) is 16.0 Å². The number of nitrogens with zero attached hydrogens (tertiary/aromatic N) is 1. The van der Waals surface area contributed by atoms with Crippen molar-refractivity contribution in [1.82, 2.24) is 4.90 Å². The number of hydrogen-bond acceptors (Lipinski definition) is 5. The molecule has 1 amide bonds. The zero-order valence-corrected chi connectivity index (χ0v) is 13.2. The van der Waals surface area contributed by atoms with Crippen molar-refractivity contribution in [2.24, 2.45) is 0 Å². The number of hydrogen-bond donors (Lipinski definition) is 0. The van der Waals surface area contributed by atoms with E-state index in [0.717, 1.165) is 5.56 Å². The quantitative estimate of drug-likeness (QED) is 0.625. The molecule has 0 bridgehead atoms. The maximum absolute atomic E-state index is 12.7. The van der Waals surface area contributed by atoms with E-state index in [1.165, 1.54) is 12.0 Å². The lowest BCUT2D eigenvalue weighted by Gasteiger charge is -2.38. The Balaban J connectivity index is 1.91. The van der Waals surface area contributed by atoms with Crippen LogP contribution in [-0.4, -0.2) is 50.2 Å². The monoisotopic (exact) mass is 317 g/mol. The smallest absolute Gasteiger partial charge is 0.328 e. The van der Waals surface area contributed by atoms with Gasteiger partial charge in [-0.05, 0) is 25.0 Å². The minimum Gasteiger partial charge on any atom is -0.493 e. The van der Waals surface area contributed by atoms with Crippen LogP contribution in [0.1, 0.15) is 22.3 Å². The summed E-state index contributed by atoms with van der Waals surface area (Å²) in [5.41, 5.74) is 1.39. The van der Waals surface area contributed by atoms with Crippen molar-refractivity contribution in [3.8, 4) is 11.5 Å². The van der Waals surface area contributed by atoms with Gasteiger partial charge in [0.1, 0.15) is 12.6 Å². The molecule has 0 radical (unpaired) electrons. The maximum atomic E-state index is 12.7. The molecule has 1 unspecified atom stereocenters. The summed E-state index contributed by atoms with van der Waals surface area (Å²) >= 11 is 0. The van der Waals surface area contributed by atoms with Crippen LogP contribution >= 0.6 is 0 Å². The van der Waals surface area contributed by atoms with Crippen LogP contribution in [0.3, 0.4) is 0 Å². The standard InChI is InChI=1S/C17H19NO5/c1-21-14-10-12(9-11-5-3-4-8-23-15(11)14)16(19)18-7-6-13(18)17(20)22-2/h3-4,9-10,13H,5-8H2,1-2H3. The third-order valence-electron chi connectivity index (χ3n) is 4.18. The van der Waals surface area contributed by atoms with Gasteiger partial charge in [-0.1, -0.05) is 12.2 Å². The molecule has 6 nitrogen and oxygen atoms in total. The van der Waals surface area contributed by atoms with Gasteiger partial charge in [-0.25, -0.2) is 4.79 Å². The first kappa shape index (κ1) is 15.4. The Morgan fingerprint density at radius 1 is 1.26 bits per heavy atom. The number of methoxy groups -OCH3 is 2. The minimum atomic E-state index is -0.492. The number of esters is 1. The lowest BCUT2D eigenvalue weighted by atomic mass is 9.99. The Morgan fingerprint density at radius 3 is 2.74 bits per heavy atom. The molecule has 2 aliphatic rings. The number of carbonyl (C=O) groups is 2. The summed E-state index contributed by atoms with van der Waals surface area (Å²) in [6, 6.07) is 2.98. The van der Waals surface area contributed by atoms with Crippen molar-refractivity contribution >= 4 is 11.9 Å². The van der Waals surface area contributed by atoms with Crippen LogP contribution < -0.4 is 9.47 Å². The van der Waals surface area contributed by atoms with Crippen LogP contribution in [0.5, 0.6) is 11.5 Å². The fourth-order valence-corrected chi connectivity index (χ4v) is 2.84. The van der Waals surface area contributed by atoms with Crippen LogP contribution in [0.15, 0.2) is 24.3 Å². The molecular weight excluding hydrogens is 298 g/mol. The molecule has 1 saturated heterocycles. The van der Waals surface area contributed by atoms with Gasteiger partial charge in [-0.15, -0.1) is 0 Å². The molecule has 1 atom stereocenters. The number of fused-ring (bicyclic) bond motifs is 1. The topological polar surface area (TPSA) is 65.1 Å². The number of ether oxygens (including phenoxy) is 3. The van der Waals surface area contributed by atoms with Crippen LogP contribution in [0.4, 0.5) is 0 Å². The molecule has 23 heavy (non-hydrogen) atoms. The lowest BCUT2D eigenvalue weighted by Crippen LogP contribution is -2.55. The van der Waals surface area contributed by atoms with E-state index in [0.29, 0.717) is 43.1 Å². The van der Waals surface area contributed by atoms with E-state index >= 15 is 0 Å². The molecule has 1 aromatic rings. The summed E-state index contributed by atoms with van der Waals surface area (Å²) < 4.78 is 15.8. The first-order valence-electron chi connectivity index (χ1n) is 7.53. The SMILES string of the molecule is COC(=O)C1CCN1C(=O)c1cc2c(c(OC)c1)OCC=CC2. The molecule has 2 aliphatic heterocycles. The Bertz CT molecular complexity index is 667. The van der Waals surface area contributed by atoms with Gasteiger partial charge in [0.2, 0.25) is 0 Å². The van der Waals surface area contributed by atoms with E-state index in [1.54, 1.807) is 13.2 Å². The van der Waals surface area contributed by atoms with E-state index in [-0.39, 0.29) is 11.9 Å². The second kappa shape index (κ2) is 6.32. The average molecular weight is 317 g/mol. The van der Waals surface area contributed by atoms with Crippen molar-refractivity contribution in [3.05, 3.63) is 35.4 Å². The van der Waals surface area contributed by atoms with Crippen molar-refractivity contribution in [3.63, 3.8) is 0 Å². The number of carbonyl (C=O) groups excluding carboxylic acids is 2. The van der Waals surface area contributed by atoms with Gasteiger partial charge >= 0.3 is 5.97 Å². The molecule has 2 heterocycles.